The predicted octanol–water partition coefficient (Wildman–Crippen LogP) is 4.44. The Hall–Kier alpha value is -4.31. The molecule has 0 aliphatic heterocycles. The van der Waals surface area contributed by atoms with E-state index >= 15 is 0 Å². The van der Waals surface area contributed by atoms with Gasteiger partial charge in [-0.25, -0.2) is 4.98 Å². The van der Waals surface area contributed by atoms with Gasteiger partial charge in [-0.05, 0) is 37.6 Å². The average molecular weight is 488 g/mol. The highest BCUT2D eigenvalue weighted by molar-refractivity contribution is 7.22. The van der Waals surface area contributed by atoms with Crippen LogP contribution in [0.5, 0.6) is 5.75 Å². The van der Waals surface area contributed by atoms with Gasteiger partial charge in [0.05, 0.1) is 23.7 Å². The summed E-state index contributed by atoms with van der Waals surface area (Å²) in [5.41, 5.74) is 2.89. The van der Waals surface area contributed by atoms with Crippen LogP contribution in [-0.2, 0) is 11.3 Å². The van der Waals surface area contributed by atoms with Crippen molar-refractivity contribution in [1.82, 2.24) is 19.7 Å². The molecular formula is C25H21N5O4S. The fourth-order valence-electron chi connectivity index (χ4n) is 3.75. The van der Waals surface area contributed by atoms with E-state index in [0.29, 0.717) is 43.8 Å². The molecule has 0 unspecified atom stereocenters. The number of rotatable bonds is 6. The van der Waals surface area contributed by atoms with Gasteiger partial charge in [0.2, 0.25) is 11.7 Å². The lowest BCUT2D eigenvalue weighted by atomic mass is 10.1. The van der Waals surface area contributed by atoms with E-state index in [1.807, 2.05) is 38.1 Å². The van der Waals surface area contributed by atoms with Crippen molar-refractivity contribution in [2.45, 2.75) is 20.4 Å². The molecule has 176 valence electrons. The zero-order valence-corrected chi connectivity index (χ0v) is 20.0. The Labute approximate surface area is 204 Å². The number of thiophene rings is 1. The largest absolute Gasteiger partial charge is 0.497 e. The third-order valence-electron chi connectivity index (χ3n) is 5.48. The summed E-state index contributed by atoms with van der Waals surface area (Å²) < 4.78 is 12.0. The first-order valence-corrected chi connectivity index (χ1v) is 11.6. The molecule has 0 bridgehead atoms. The molecule has 5 aromatic rings. The lowest BCUT2D eigenvalue weighted by Gasteiger charge is -2.08. The maximum Gasteiger partial charge on any atom is 0.268 e. The molecule has 35 heavy (non-hydrogen) atoms. The van der Waals surface area contributed by atoms with Gasteiger partial charge in [0.15, 0.2) is 0 Å². The molecule has 5 rings (SSSR count). The lowest BCUT2D eigenvalue weighted by Crippen LogP contribution is -2.27. The number of carbonyl (C=O) groups is 1. The summed E-state index contributed by atoms with van der Waals surface area (Å²) in [4.78, 5) is 35.9. The molecule has 0 radical (unpaired) electrons. The number of aryl methyl sites for hydroxylation is 2. The Morgan fingerprint density at radius 1 is 1.17 bits per heavy atom. The molecule has 0 aliphatic carbocycles. The van der Waals surface area contributed by atoms with Crippen molar-refractivity contribution in [3.8, 4) is 27.9 Å². The summed E-state index contributed by atoms with van der Waals surface area (Å²) in [5, 5.41) is 7.30. The minimum Gasteiger partial charge on any atom is -0.497 e. The van der Waals surface area contributed by atoms with E-state index in [-0.39, 0.29) is 18.0 Å². The standard InChI is InChI=1S/C25H21N5O4S/c1-14-6-4-7-16(10-14)22-28-23(34-29-22)21-15(2)20-24(35-21)26-13-30(25(20)32)12-19(31)27-17-8-5-9-18(11-17)33-3/h4-11,13H,12H2,1-3H3,(H,27,31). The van der Waals surface area contributed by atoms with Gasteiger partial charge in [0.1, 0.15) is 17.1 Å². The molecule has 1 N–H and O–H groups in total. The van der Waals surface area contributed by atoms with E-state index in [4.69, 9.17) is 9.26 Å². The summed E-state index contributed by atoms with van der Waals surface area (Å²) in [6, 6.07) is 14.8. The summed E-state index contributed by atoms with van der Waals surface area (Å²) >= 11 is 1.30. The third kappa shape index (κ3) is 4.43. The van der Waals surface area contributed by atoms with E-state index < -0.39 is 0 Å². The average Bonchev–Trinajstić information content (AvgIpc) is 3.46. The van der Waals surface area contributed by atoms with Gasteiger partial charge >= 0.3 is 0 Å². The van der Waals surface area contributed by atoms with Crippen LogP contribution in [0.1, 0.15) is 11.1 Å². The Bertz CT molecular complexity index is 1620. The summed E-state index contributed by atoms with van der Waals surface area (Å²) in [7, 11) is 1.55. The zero-order chi connectivity index (χ0) is 24.5. The molecule has 1 amide bonds. The molecule has 0 atom stereocenters. The molecule has 3 aromatic heterocycles. The minimum atomic E-state index is -0.352. The van der Waals surface area contributed by atoms with Crippen molar-refractivity contribution in [1.29, 1.82) is 0 Å². The number of fused-ring (bicyclic) bond motifs is 1. The van der Waals surface area contributed by atoms with E-state index in [9.17, 15) is 9.59 Å². The van der Waals surface area contributed by atoms with Gasteiger partial charge in [0.25, 0.3) is 11.4 Å². The van der Waals surface area contributed by atoms with Gasteiger partial charge in [-0.15, -0.1) is 11.3 Å². The molecule has 2 aromatic carbocycles. The summed E-state index contributed by atoms with van der Waals surface area (Å²) in [6.07, 6.45) is 1.38. The second kappa shape index (κ2) is 9.15. The van der Waals surface area contributed by atoms with Gasteiger partial charge in [0, 0.05) is 17.3 Å². The van der Waals surface area contributed by atoms with Gasteiger partial charge in [-0.2, -0.15) is 4.98 Å². The minimum absolute atomic E-state index is 0.179. The Kier molecular flexibility index (Phi) is 5.87. The van der Waals surface area contributed by atoms with E-state index in [2.05, 4.69) is 20.4 Å². The number of nitrogens with one attached hydrogen (secondary N) is 1. The third-order valence-corrected chi connectivity index (χ3v) is 6.67. The fourth-order valence-corrected chi connectivity index (χ4v) is 4.81. The number of benzene rings is 2. The van der Waals surface area contributed by atoms with Gasteiger partial charge in [-0.1, -0.05) is 35.0 Å². The normalized spacial score (nSPS) is 11.1. The highest BCUT2D eigenvalue weighted by Crippen LogP contribution is 2.35. The molecule has 9 nitrogen and oxygen atoms in total. The van der Waals surface area contributed by atoms with E-state index in [1.165, 1.54) is 22.2 Å². The molecular weight excluding hydrogens is 466 g/mol. The molecule has 0 saturated heterocycles. The SMILES string of the molecule is COc1cccc(NC(=O)Cn2cnc3sc(-c4nc(-c5cccc(C)c5)no4)c(C)c3c2=O)c1. The van der Waals surface area contributed by atoms with Crippen molar-refractivity contribution in [3.05, 3.63) is 76.3 Å². The highest BCUT2D eigenvalue weighted by Gasteiger charge is 2.21. The first-order chi connectivity index (χ1) is 16.9. The topological polar surface area (TPSA) is 112 Å². The Morgan fingerprint density at radius 2 is 2.00 bits per heavy atom. The van der Waals surface area contributed by atoms with Crippen molar-refractivity contribution in [3.63, 3.8) is 0 Å². The first kappa shape index (κ1) is 22.5. The number of ether oxygens (including phenoxy) is 1. The van der Waals surface area contributed by atoms with Crippen LogP contribution in [0.25, 0.3) is 32.4 Å². The number of aromatic nitrogens is 4. The molecule has 10 heteroatoms. The molecule has 3 heterocycles. The van der Waals surface area contributed by atoms with Crippen molar-refractivity contribution < 1.29 is 14.1 Å². The smallest absolute Gasteiger partial charge is 0.268 e. The van der Waals surface area contributed by atoms with Crippen LogP contribution in [-0.4, -0.2) is 32.7 Å². The number of hydrogen-bond donors (Lipinski definition) is 1. The number of anilines is 1. The van der Waals surface area contributed by atoms with Crippen LogP contribution in [0.3, 0.4) is 0 Å². The summed E-state index contributed by atoms with van der Waals surface area (Å²) in [6.45, 7) is 3.63. The lowest BCUT2D eigenvalue weighted by molar-refractivity contribution is -0.116. The van der Waals surface area contributed by atoms with E-state index in [1.54, 1.807) is 31.4 Å². The summed E-state index contributed by atoms with van der Waals surface area (Å²) in [5.74, 6) is 1.06. The van der Waals surface area contributed by atoms with Crippen LogP contribution in [0, 0.1) is 13.8 Å². The first-order valence-electron chi connectivity index (χ1n) is 10.8. The molecule has 0 aliphatic rings. The Morgan fingerprint density at radius 3 is 2.80 bits per heavy atom. The molecule has 0 fully saturated rings. The maximum absolute atomic E-state index is 13.2. The van der Waals surface area contributed by atoms with Crippen LogP contribution in [0.15, 0.2) is 64.2 Å². The van der Waals surface area contributed by atoms with Crippen LogP contribution in [0.2, 0.25) is 0 Å². The van der Waals surface area contributed by atoms with Crippen molar-refractivity contribution in [2.75, 3.05) is 12.4 Å². The number of methoxy groups -OCH3 is 1. The van der Waals surface area contributed by atoms with Crippen molar-refractivity contribution in [2.24, 2.45) is 0 Å². The van der Waals surface area contributed by atoms with E-state index in [0.717, 1.165) is 11.1 Å². The maximum atomic E-state index is 13.2. The number of nitrogens with zero attached hydrogens (tertiary/aromatic N) is 4. The quantitative estimate of drug-likeness (QED) is 0.377. The van der Waals surface area contributed by atoms with Gasteiger partial charge in [-0.3, -0.25) is 14.2 Å². The molecule has 0 spiro atoms. The predicted molar refractivity (Wildman–Crippen MR) is 134 cm³/mol. The van der Waals surface area contributed by atoms with Gasteiger partial charge < -0.3 is 14.6 Å². The number of carbonyl (C=O) groups excluding carboxylic acids is 1. The second-order valence-corrected chi connectivity index (χ2v) is 8.99. The highest BCUT2D eigenvalue weighted by atomic mass is 32.1. The van der Waals surface area contributed by atoms with Crippen LogP contribution >= 0.6 is 11.3 Å². The van der Waals surface area contributed by atoms with Crippen LogP contribution < -0.4 is 15.6 Å². The monoisotopic (exact) mass is 487 g/mol. The fraction of sp³-hybridized carbons (Fsp3) is 0.160. The number of hydrogen-bond acceptors (Lipinski definition) is 8. The number of amides is 1. The van der Waals surface area contributed by atoms with Crippen molar-refractivity contribution >= 4 is 33.1 Å². The molecule has 0 saturated carbocycles. The van der Waals surface area contributed by atoms with Crippen LogP contribution in [0.4, 0.5) is 5.69 Å². The Balaban J connectivity index is 1.43. The zero-order valence-electron chi connectivity index (χ0n) is 19.2. The second-order valence-electron chi connectivity index (χ2n) is 7.99.